The zero-order valence-electron chi connectivity index (χ0n) is 6.44. The monoisotopic (exact) mass is 136 g/mol. The lowest BCUT2D eigenvalue weighted by molar-refractivity contribution is 0.679. The van der Waals surface area contributed by atoms with Crippen LogP contribution in [-0.2, 0) is 0 Å². The first kappa shape index (κ1) is 9.01. The molecule has 2 heteroatoms. The molecule has 0 atom stereocenters. The van der Waals surface area contributed by atoms with Gasteiger partial charge >= 0.3 is 0 Å². The predicted octanol–water partition coefficient (Wildman–Crippen LogP) is 1.03. The molecule has 0 aliphatic carbocycles. The van der Waals surface area contributed by atoms with Gasteiger partial charge in [-0.1, -0.05) is 5.92 Å². The molecule has 10 heavy (non-hydrogen) atoms. The number of nitrogens with zero attached hydrogens (tertiary/aromatic N) is 1. The summed E-state index contributed by atoms with van der Waals surface area (Å²) in [5.74, 6) is 5.66. The molecule has 0 unspecified atom stereocenters. The first-order chi connectivity index (χ1) is 4.56. The molecule has 0 saturated carbocycles. The van der Waals surface area contributed by atoms with Crippen LogP contribution in [0.15, 0.2) is 0 Å². The van der Waals surface area contributed by atoms with Gasteiger partial charge in [0, 0.05) is 12.8 Å². The Morgan fingerprint density at radius 1 is 1.40 bits per heavy atom. The van der Waals surface area contributed by atoms with Crippen molar-refractivity contribution in [1.82, 2.24) is 0 Å². The number of nitriles is 1. The van der Waals surface area contributed by atoms with Crippen LogP contribution in [0.2, 0.25) is 0 Å². The molecule has 2 nitrogen and oxygen atoms in total. The Bertz CT molecular complexity index is 182. The Kier molecular flexibility index (Phi) is 3.54. The van der Waals surface area contributed by atoms with Gasteiger partial charge in [0.1, 0.15) is 0 Å². The molecule has 0 aromatic heterocycles. The lowest BCUT2D eigenvalue weighted by Gasteiger charge is -2.06. The highest BCUT2D eigenvalue weighted by Crippen LogP contribution is 1.92. The Labute approximate surface area is 62.0 Å². The molecule has 0 rings (SSSR count). The fourth-order valence-corrected chi connectivity index (χ4v) is 0.409. The SMILES string of the molecule is CC(C)(N)C#CCCC#N. The van der Waals surface area contributed by atoms with Crippen molar-refractivity contribution < 1.29 is 0 Å². The van der Waals surface area contributed by atoms with E-state index in [1.165, 1.54) is 0 Å². The van der Waals surface area contributed by atoms with Gasteiger partial charge in [-0.3, -0.25) is 0 Å². The summed E-state index contributed by atoms with van der Waals surface area (Å²) in [6.45, 7) is 3.68. The molecule has 2 N–H and O–H groups in total. The van der Waals surface area contributed by atoms with E-state index in [-0.39, 0.29) is 0 Å². The Balaban J connectivity index is 3.62. The van der Waals surface area contributed by atoms with Crippen molar-refractivity contribution in [3.8, 4) is 17.9 Å². The molecule has 0 bridgehead atoms. The van der Waals surface area contributed by atoms with Crippen LogP contribution in [0.25, 0.3) is 0 Å². The zero-order chi connectivity index (χ0) is 8.04. The van der Waals surface area contributed by atoms with Gasteiger partial charge < -0.3 is 5.73 Å². The molecule has 0 saturated heterocycles. The second kappa shape index (κ2) is 3.93. The Morgan fingerprint density at radius 3 is 2.40 bits per heavy atom. The van der Waals surface area contributed by atoms with E-state index in [1.54, 1.807) is 0 Å². The first-order valence-corrected chi connectivity index (χ1v) is 3.22. The summed E-state index contributed by atoms with van der Waals surface area (Å²) >= 11 is 0. The van der Waals surface area contributed by atoms with Gasteiger partial charge in [0.15, 0.2) is 0 Å². The van der Waals surface area contributed by atoms with Gasteiger partial charge in [-0.15, -0.1) is 5.92 Å². The Morgan fingerprint density at radius 2 is 2.00 bits per heavy atom. The van der Waals surface area contributed by atoms with Crippen LogP contribution in [0.5, 0.6) is 0 Å². The van der Waals surface area contributed by atoms with E-state index in [2.05, 4.69) is 11.8 Å². The van der Waals surface area contributed by atoms with Crippen LogP contribution < -0.4 is 5.73 Å². The van der Waals surface area contributed by atoms with E-state index >= 15 is 0 Å². The van der Waals surface area contributed by atoms with E-state index in [4.69, 9.17) is 11.0 Å². The number of nitrogens with two attached hydrogens (primary N) is 1. The van der Waals surface area contributed by atoms with Crippen molar-refractivity contribution in [2.75, 3.05) is 0 Å². The zero-order valence-corrected chi connectivity index (χ0v) is 6.44. The standard InChI is InChI=1S/C8H12N2/c1-8(2,10)6-4-3-5-7-9/h3,5,10H2,1-2H3. The van der Waals surface area contributed by atoms with Crippen molar-refractivity contribution in [2.45, 2.75) is 32.2 Å². The van der Waals surface area contributed by atoms with E-state index in [0.29, 0.717) is 12.8 Å². The normalized spacial score (nSPS) is 9.40. The summed E-state index contributed by atoms with van der Waals surface area (Å²) in [6, 6.07) is 2.01. The minimum absolute atomic E-state index is 0.421. The highest BCUT2D eigenvalue weighted by atomic mass is 14.7. The topological polar surface area (TPSA) is 49.8 Å². The number of rotatable bonds is 1. The maximum Gasteiger partial charge on any atom is 0.0719 e. The fourth-order valence-electron chi connectivity index (χ4n) is 0.409. The lowest BCUT2D eigenvalue weighted by Crippen LogP contribution is -2.29. The summed E-state index contributed by atoms with van der Waals surface area (Å²) in [7, 11) is 0. The van der Waals surface area contributed by atoms with Gasteiger partial charge in [-0.2, -0.15) is 5.26 Å². The molecular formula is C8H12N2. The maximum absolute atomic E-state index is 8.15. The fraction of sp³-hybridized carbons (Fsp3) is 0.625. The van der Waals surface area contributed by atoms with Crippen LogP contribution in [-0.4, -0.2) is 5.54 Å². The molecule has 0 fully saturated rings. The van der Waals surface area contributed by atoms with Crippen molar-refractivity contribution in [3.63, 3.8) is 0 Å². The summed E-state index contributed by atoms with van der Waals surface area (Å²) in [6.07, 6.45) is 1.11. The number of hydrogen-bond acceptors (Lipinski definition) is 2. The quantitative estimate of drug-likeness (QED) is 0.432. The summed E-state index contributed by atoms with van der Waals surface area (Å²) in [5.41, 5.74) is 5.14. The molecule has 0 heterocycles. The maximum atomic E-state index is 8.15. The molecule has 0 aromatic rings. The molecule has 54 valence electrons. The van der Waals surface area contributed by atoms with Crippen LogP contribution in [0.1, 0.15) is 26.7 Å². The van der Waals surface area contributed by atoms with Gasteiger partial charge in [0.2, 0.25) is 0 Å². The minimum atomic E-state index is -0.421. The Hall–Kier alpha value is -0.990. The molecule has 0 aliphatic heterocycles. The molecule has 0 radical (unpaired) electrons. The third kappa shape index (κ3) is 7.01. The van der Waals surface area contributed by atoms with Crippen molar-refractivity contribution in [2.24, 2.45) is 5.73 Å². The van der Waals surface area contributed by atoms with Crippen molar-refractivity contribution in [3.05, 3.63) is 0 Å². The van der Waals surface area contributed by atoms with Crippen LogP contribution in [0.4, 0.5) is 0 Å². The first-order valence-electron chi connectivity index (χ1n) is 3.22. The van der Waals surface area contributed by atoms with Gasteiger partial charge in [-0.25, -0.2) is 0 Å². The summed E-state index contributed by atoms with van der Waals surface area (Å²) in [5, 5.41) is 8.15. The smallest absolute Gasteiger partial charge is 0.0719 e. The third-order valence-corrected chi connectivity index (χ3v) is 0.772. The van der Waals surface area contributed by atoms with E-state index < -0.39 is 5.54 Å². The minimum Gasteiger partial charge on any atom is -0.316 e. The average Bonchev–Trinajstić information content (AvgIpc) is 1.78. The number of unbranched alkanes of at least 4 members (excludes halogenated alkanes) is 1. The third-order valence-electron chi connectivity index (χ3n) is 0.772. The average molecular weight is 136 g/mol. The molecule has 0 amide bonds. The molecule has 0 spiro atoms. The van der Waals surface area contributed by atoms with E-state index in [0.717, 1.165) is 0 Å². The molecular weight excluding hydrogens is 124 g/mol. The van der Waals surface area contributed by atoms with E-state index in [9.17, 15) is 0 Å². The summed E-state index contributed by atoms with van der Waals surface area (Å²) in [4.78, 5) is 0. The van der Waals surface area contributed by atoms with Gasteiger partial charge in [0.25, 0.3) is 0 Å². The second-order valence-corrected chi connectivity index (χ2v) is 2.68. The van der Waals surface area contributed by atoms with Gasteiger partial charge in [0.05, 0.1) is 11.6 Å². The highest BCUT2D eigenvalue weighted by molar-refractivity contribution is 5.12. The predicted molar refractivity (Wildman–Crippen MR) is 40.9 cm³/mol. The second-order valence-electron chi connectivity index (χ2n) is 2.68. The lowest BCUT2D eigenvalue weighted by atomic mass is 10.1. The van der Waals surface area contributed by atoms with Crippen LogP contribution in [0.3, 0.4) is 0 Å². The van der Waals surface area contributed by atoms with E-state index in [1.807, 2.05) is 19.9 Å². The van der Waals surface area contributed by atoms with Crippen LogP contribution >= 0.6 is 0 Å². The highest BCUT2D eigenvalue weighted by Gasteiger charge is 2.02. The largest absolute Gasteiger partial charge is 0.316 e. The summed E-state index contributed by atoms with van der Waals surface area (Å²) < 4.78 is 0. The molecule has 0 aliphatic rings. The van der Waals surface area contributed by atoms with Crippen molar-refractivity contribution >= 4 is 0 Å². The van der Waals surface area contributed by atoms with Gasteiger partial charge in [-0.05, 0) is 13.8 Å². The number of hydrogen-bond donors (Lipinski definition) is 1. The van der Waals surface area contributed by atoms with Crippen LogP contribution in [0, 0.1) is 23.2 Å². The molecule has 0 aromatic carbocycles. The van der Waals surface area contributed by atoms with Crippen molar-refractivity contribution in [1.29, 1.82) is 5.26 Å².